The molecule has 0 amide bonds. The highest BCUT2D eigenvalue weighted by molar-refractivity contribution is 7.91. The zero-order chi connectivity index (χ0) is 22.0. The third-order valence-corrected chi connectivity index (χ3v) is 6.45. The molecule has 31 heavy (non-hydrogen) atoms. The van der Waals surface area contributed by atoms with Gasteiger partial charge < -0.3 is 20.1 Å². The van der Waals surface area contributed by atoms with E-state index in [1.807, 2.05) is 0 Å². The average Bonchev–Trinajstić information content (AvgIpc) is 2.77. The van der Waals surface area contributed by atoms with Gasteiger partial charge in [0.1, 0.15) is 17.2 Å². The van der Waals surface area contributed by atoms with E-state index in [9.17, 15) is 23.7 Å². The lowest BCUT2D eigenvalue weighted by atomic mass is 10.1. The first-order valence-electron chi connectivity index (χ1n) is 9.27. The number of ether oxygens (including phenoxy) is 1. The van der Waals surface area contributed by atoms with E-state index in [1.165, 1.54) is 54.6 Å². The van der Waals surface area contributed by atoms with E-state index in [2.05, 4.69) is 0 Å². The molecule has 0 aliphatic carbocycles. The lowest BCUT2D eigenvalue weighted by Gasteiger charge is -2.11. The van der Waals surface area contributed by atoms with E-state index in [0.29, 0.717) is 5.75 Å². The van der Waals surface area contributed by atoms with Crippen LogP contribution in [0.3, 0.4) is 0 Å². The van der Waals surface area contributed by atoms with E-state index in [4.69, 9.17) is 4.74 Å². The molecule has 4 aromatic carbocycles. The summed E-state index contributed by atoms with van der Waals surface area (Å²) in [6.45, 7) is 0. The van der Waals surface area contributed by atoms with Gasteiger partial charge in [-0.1, -0.05) is 18.2 Å². The fourth-order valence-corrected chi connectivity index (χ4v) is 4.27. The normalized spacial score (nSPS) is 11.2. The van der Waals surface area contributed by atoms with Crippen molar-refractivity contribution < 1.29 is 28.5 Å². The van der Waals surface area contributed by atoms with E-state index < -0.39 is 9.84 Å². The highest BCUT2D eigenvalue weighted by Gasteiger charge is 2.18. The minimum absolute atomic E-state index is 0.0166. The van der Waals surface area contributed by atoms with Gasteiger partial charge >= 0.3 is 0 Å². The van der Waals surface area contributed by atoms with Crippen molar-refractivity contribution in [3.63, 3.8) is 0 Å². The second kappa shape index (κ2) is 8.04. The standard InChI is InChI=1S/C24H18O6S/c25-18-4-1-16(2-5-18)17-3-14-23(27)24(15-17)30-20-8-12-22(13-9-20)31(28,29)21-10-6-19(26)7-11-21/h1-15,25-27H. The van der Waals surface area contributed by atoms with Gasteiger partial charge in [0.15, 0.2) is 11.5 Å². The topological polar surface area (TPSA) is 104 Å². The predicted octanol–water partition coefficient (Wildman–Crippen LogP) is 5.10. The van der Waals surface area contributed by atoms with Crippen molar-refractivity contribution in [3.8, 4) is 39.9 Å². The molecule has 0 unspecified atom stereocenters. The summed E-state index contributed by atoms with van der Waals surface area (Å²) in [7, 11) is -3.74. The number of hydrogen-bond donors (Lipinski definition) is 3. The van der Waals surface area contributed by atoms with Gasteiger partial charge in [0.05, 0.1) is 9.79 Å². The summed E-state index contributed by atoms with van der Waals surface area (Å²) in [4.78, 5) is 0.144. The van der Waals surface area contributed by atoms with Crippen LogP contribution in [0.2, 0.25) is 0 Å². The largest absolute Gasteiger partial charge is 0.508 e. The quantitative estimate of drug-likeness (QED) is 0.404. The molecule has 0 spiro atoms. The molecule has 3 N–H and O–H groups in total. The number of rotatable bonds is 5. The second-order valence-corrected chi connectivity index (χ2v) is 8.75. The Morgan fingerprint density at radius 2 is 1.06 bits per heavy atom. The molecule has 0 atom stereocenters. The van der Waals surface area contributed by atoms with Gasteiger partial charge in [0.25, 0.3) is 0 Å². The van der Waals surface area contributed by atoms with Gasteiger partial charge in [-0.15, -0.1) is 0 Å². The number of sulfone groups is 1. The lowest BCUT2D eigenvalue weighted by molar-refractivity contribution is 0.411. The fraction of sp³-hybridized carbons (Fsp3) is 0. The van der Waals surface area contributed by atoms with Crippen LogP contribution >= 0.6 is 0 Å². The molecule has 0 heterocycles. The van der Waals surface area contributed by atoms with E-state index in [1.54, 1.807) is 36.4 Å². The molecule has 0 bridgehead atoms. The summed E-state index contributed by atoms with van der Waals surface area (Å²) in [5.41, 5.74) is 1.61. The highest BCUT2D eigenvalue weighted by atomic mass is 32.2. The van der Waals surface area contributed by atoms with Crippen LogP contribution in [-0.2, 0) is 9.84 Å². The SMILES string of the molecule is O=S(=O)(c1ccc(O)cc1)c1ccc(Oc2cc(-c3ccc(O)cc3)ccc2O)cc1. The molecule has 4 aromatic rings. The highest BCUT2D eigenvalue weighted by Crippen LogP contribution is 2.35. The summed E-state index contributed by atoms with van der Waals surface area (Å²) >= 11 is 0. The molecule has 0 aromatic heterocycles. The molecule has 4 rings (SSSR count). The smallest absolute Gasteiger partial charge is 0.206 e. The summed E-state index contributed by atoms with van der Waals surface area (Å²) in [5.74, 6) is 0.629. The Hall–Kier alpha value is -3.97. The van der Waals surface area contributed by atoms with E-state index in [0.717, 1.165) is 11.1 Å². The summed E-state index contributed by atoms with van der Waals surface area (Å²) in [6.07, 6.45) is 0. The molecule has 6 nitrogen and oxygen atoms in total. The Balaban J connectivity index is 1.58. The van der Waals surface area contributed by atoms with Crippen LogP contribution in [0.5, 0.6) is 28.7 Å². The third-order valence-electron chi connectivity index (χ3n) is 4.67. The van der Waals surface area contributed by atoms with Crippen molar-refractivity contribution in [3.05, 3.63) is 91.0 Å². The number of phenols is 3. The molecule has 0 fully saturated rings. The van der Waals surface area contributed by atoms with Crippen molar-refractivity contribution in [1.82, 2.24) is 0 Å². The summed E-state index contributed by atoms with van der Waals surface area (Å²) in [6, 6.07) is 22.6. The monoisotopic (exact) mass is 434 g/mol. The molecule has 0 aliphatic rings. The Labute approximate surface area is 179 Å². The van der Waals surface area contributed by atoms with Crippen LogP contribution in [0.1, 0.15) is 0 Å². The van der Waals surface area contributed by atoms with Gasteiger partial charge in [-0.05, 0) is 83.9 Å². The van der Waals surface area contributed by atoms with Crippen LogP contribution in [0.15, 0.2) is 101 Å². The number of hydrogen-bond acceptors (Lipinski definition) is 6. The fourth-order valence-electron chi connectivity index (χ4n) is 3.00. The maximum absolute atomic E-state index is 12.7. The van der Waals surface area contributed by atoms with Crippen molar-refractivity contribution in [2.45, 2.75) is 9.79 Å². The van der Waals surface area contributed by atoms with Gasteiger partial charge in [0, 0.05) is 0 Å². The van der Waals surface area contributed by atoms with Gasteiger partial charge in [-0.3, -0.25) is 0 Å². The van der Waals surface area contributed by atoms with Crippen LogP contribution in [0.25, 0.3) is 11.1 Å². The molecule has 156 valence electrons. The van der Waals surface area contributed by atoms with E-state index >= 15 is 0 Å². The zero-order valence-corrected chi connectivity index (χ0v) is 17.0. The minimum Gasteiger partial charge on any atom is -0.508 e. The summed E-state index contributed by atoms with van der Waals surface area (Å²) in [5, 5.41) is 29.0. The maximum Gasteiger partial charge on any atom is 0.206 e. The second-order valence-electron chi connectivity index (χ2n) is 6.80. The molecular formula is C24H18O6S. The van der Waals surface area contributed by atoms with Gasteiger partial charge in [-0.25, -0.2) is 8.42 Å². The average molecular weight is 434 g/mol. The van der Waals surface area contributed by atoms with Gasteiger partial charge in [0.2, 0.25) is 9.84 Å². The Bertz CT molecular complexity index is 1310. The molecular weight excluding hydrogens is 416 g/mol. The molecule has 0 saturated carbocycles. The van der Waals surface area contributed by atoms with E-state index in [-0.39, 0.29) is 32.8 Å². The Kier molecular flexibility index (Phi) is 5.27. The minimum atomic E-state index is -3.74. The molecule has 7 heteroatoms. The van der Waals surface area contributed by atoms with Crippen LogP contribution in [0, 0.1) is 0 Å². The Morgan fingerprint density at radius 3 is 1.65 bits per heavy atom. The number of benzene rings is 4. The first-order chi connectivity index (χ1) is 14.8. The first kappa shape index (κ1) is 20.3. The lowest BCUT2D eigenvalue weighted by Crippen LogP contribution is -2.01. The Morgan fingerprint density at radius 1 is 0.581 bits per heavy atom. The van der Waals surface area contributed by atoms with Crippen LogP contribution in [-0.4, -0.2) is 23.7 Å². The molecule has 0 radical (unpaired) electrons. The van der Waals surface area contributed by atoms with Gasteiger partial charge in [-0.2, -0.15) is 0 Å². The first-order valence-corrected chi connectivity index (χ1v) is 10.8. The third kappa shape index (κ3) is 4.31. The van der Waals surface area contributed by atoms with Crippen LogP contribution in [0.4, 0.5) is 0 Å². The molecule has 0 saturated heterocycles. The van der Waals surface area contributed by atoms with Crippen molar-refractivity contribution in [2.24, 2.45) is 0 Å². The van der Waals surface area contributed by atoms with Crippen molar-refractivity contribution in [1.29, 1.82) is 0 Å². The molecule has 0 aliphatic heterocycles. The van der Waals surface area contributed by atoms with Crippen molar-refractivity contribution in [2.75, 3.05) is 0 Å². The maximum atomic E-state index is 12.7. The predicted molar refractivity (Wildman–Crippen MR) is 115 cm³/mol. The summed E-state index contributed by atoms with van der Waals surface area (Å²) < 4.78 is 31.2. The van der Waals surface area contributed by atoms with Crippen LogP contribution < -0.4 is 4.74 Å². The van der Waals surface area contributed by atoms with Crippen molar-refractivity contribution >= 4 is 9.84 Å². The number of aromatic hydroxyl groups is 3. The number of phenolic OH excluding ortho intramolecular Hbond substituents is 3. The zero-order valence-electron chi connectivity index (χ0n) is 16.1.